The number of nitrogens with one attached hydrogen (secondary N) is 1. The van der Waals surface area contributed by atoms with Gasteiger partial charge in [0.2, 0.25) is 0 Å². The van der Waals surface area contributed by atoms with Crippen LogP contribution in [0.3, 0.4) is 0 Å². The number of aromatic nitrogens is 3. The number of nitrogens with zero attached hydrogens (tertiary/aromatic N) is 3. The van der Waals surface area contributed by atoms with Crippen molar-refractivity contribution in [1.29, 1.82) is 0 Å². The van der Waals surface area contributed by atoms with Gasteiger partial charge in [-0.25, -0.2) is 0 Å². The second-order valence-electron chi connectivity index (χ2n) is 6.70. The Bertz CT molecular complexity index is 998. The maximum absolute atomic E-state index is 12.9. The highest BCUT2D eigenvalue weighted by Crippen LogP contribution is 2.31. The first-order chi connectivity index (χ1) is 13.4. The van der Waals surface area contributed by atoms with Crippen LogP contribution in [0.4, 0.5) is 13.2 Å². The van der Waals surface area contributed by atoms with Gasteiger partial charge < -0.3 is 5.32 Å². The molecule has 1 aliphatic rings. The lowest BCUT2D eigenvalue weighted by Gasteiger charge is -2.24. The van der Waals surface area contributed by atoms with Gasteiger partial charge in [0.25, 0.3) is 5.91 Å². The number of amides is 1. The molecule has 5 nitrogen and oxygen atoms in total. The molecule has 0 saturated heterocycles. The van der Waals surface area contributed by atoms with Crippen molar-refractivity contribution in [3.8, 4) is 11.3 Å². The van der Waals surface area contributed by atoms with Gasteiger partial charge in [-0.2, -0.15) is 18.3 Å². The summed E-state index contributed by atoms with van der Waals surface area (Å²) in [7, 11) is 0. The Balaban J connectivity index is 1.50. The van der Waals surface area contributed by atoms with E-state index in [4.69, 9.17) is 0 Å². The number of rotatable bonds is 3. The van der Waals surface area contributed by atoms with Crippen molar-refractivity contribution in [2.45, 2.75) is 31.6 Å². The van der Waals surface area contributed by atoms with Gasteiger partial charge in [0.1, 0.15) is 5.69 Å². The minimum Gasteiger partial charge on any atom is -0.349 e. The van der Waals surface area contributed by atoms with Crippen LogP contribution in [-0.4, -0.2) is 26.7 Å². The topological polar surface area (TPSA) is 59.8 Å². The number of benzene rings is 1. The third kappa shape index (κ3) is 3.76. The molecule has 1 aliphatic heterocycles. The van der Waals surface area contributed by atoms with Crippen molar-refractivity contribution in [2.75, 3.05) is 0 Å². The zero-order valence-corrected chi connectivity index (χ0v) is 14.8. The highest BCUT2D eigenvalue weighted by Gasteiger charge is 2.33. The van der Waals surface area contributed by atoms with E-state index in [0.29, 0.717) is 36.2 Å². The predicted molar refractivity (Wildman–Crippen MR) is 96.5 cm³/mol. The molecule has 1 aromatic carbocycles. The van der Waals surface area contributed by atoms with Crippen molar-refractivity contribution in [2.24, 2.45) is 0 Å². The minimum absolute atomic E-state index is 0.0482. The molecule has 3 heterocycles. The first kappa shape index (κ1) is 18.2. The van der Waals surface area contributed by atoms with Crippen LogP contribution in [0.1, 0.15) is 28.2 Å². The molecule has 4 rings (SSSR count). The van der Waals surface area contributed by atoms with Crippen LogP contribution in [0.15, 0.2) is 54.7 Å². The Hall–Kier alpha value is -3.16. The summed E-state index contributed by atoms with van der Waals surface area (Å²) in [5.74, 6) is -0.136. The van der Waals surface area contributed by atoms with Gasteiger partial charge in [-0.3, -0.25) is 14.5 Å². The molecule has 0 bridgehead atoms. The fourth-order valence-electron chi connectivity index (χ4n) is 3.31. The van der Waals surface area contributed by atoms with Gasteiger partial charge in [0.05, 0.1) is 5.69 Å². The van der Waals surface area contributed by atoms with Crippen molar-refractivity contribution < 1.29 is 18.0 Å². The monoisotopic (exact) mass is 386 g/mol. The fraction of sp³-hybridized carbons (Fsp3) is 0.250. The van der Waals surface area contributed by atoms with Crippen LogP contribution in [0.5, 0.6) is 0 Å². The summed E-state index contributed by atoms with van der Waals surface area (Å²) in [6.07, 6.45) is -2.08. The SMILES string of the molecule is O=C(NC1CCn2nc(-c3ccnc(C(F)(F)F)c3)cc2C1)c1ccccc1. The normalized spacial score (nSPS) is 16.5. The number of carbonyl (C=O) groups is 1. The van der Waals surface area contributed by atoms with Crippen LogP contribution in [0.25, 0.3) is 11.3 Å². The highest BCUT2D eigenvalue weighted by atomic mass is 19.4. The Morgan fingerprint density at radius 1 is 1.14 bits per heavy atom. The van der Waals surface area contributed by atoms with Gasteiger partial charge in [-0.15, -0.1) is 0 Å². The largest absolute Gasteiger partial charge is 0.433 e. The van der Waals surface area contributed by atoms with Crippen LogP contribution in [0.2, 0.25) is 0 Å². The van der Waals surface area contributed by atoms with Gasteiger partial charge in [0, 0.05) is 42.0 Å². The summed E-state index contributed by atoms with van der Waals surface area (Å²) in [6, 6.07) is 13.2. The maximum Gasteiger partial charge on any atom is 0.433 e. The van der Waals surface area contributed by atoms with Crippen LogP contribution in [-0.2, 0) is 19.1 Å². The van der Waals surface area contributed by atoms with Crippen molar-refractivity contribution in [3.05, 3.63) is 71.7 Å². The molecule has 3 aromatic rings. The number of alkyl halides is 3. The third-order valence-electron chi connectivity index (χ3n) is 4.73. The van der Waals surface area contributed by atoms with E-state index in [1.165, 1.54) is 6.07 Å². The lowest BCUT2D eigenvalue weighted by Crippen LogP contribution is -2.40. The van der Waals surface area contributed by atoms with E-state index >= 15 is 0 Å². The molecule has 1 N–H and O–H groups in total. The predicted octanol–water partition coefficient (Wildman–Crippen LogP) is 3.71. The van der Waals surface area contributed by atoms with E-state index in [-0.39, 0.29) is 11.9 Å². The summed E-state index contributed by atoms with van der Waals surface area (Å²) in [5, 5.41) is 7.44. The van der Waals surface area contributed by atoms with Crippen molar-refractivity contribution in [1.82, 2.24) is 20.1 Å². The van der Waals surface area contributed by atoms with E-state index in [1.54, 1.807) is 35.0 Å². The van der Waals surface area contributed by atoms with E-state index in [2.05, 4.69) is 15.4 Å². The average molecular weight is 386 g/mol. The number of fused-ring (bicyclic) bond motifs is 1. The average Bonchev–Trinajstić information content (AvgIpc) is 3.11. The van der Waals surface area contributed by atoms with E-state index < -0.39 is 11.9 Å². The van der Waals surface area contributed by atoms with Gasteiger partial charge in [-0.05, 0) is 36.8 Å². The number of hydrogen-bond donors (Lipinski definition) is 1. The fourth-order valence-corrected chi connectivity index (χ4v) is 3.31. The Morgan fingerprint density at radius 2 is 1.93 bits per heavy atom. The molecule has 0 spiro atoms. The number of carbonyl (C=O) groups excluding carboxylic acids is 1. The smallest absolute Gasteiger partial charge is 0.349 e. The van der Waals surface area contributed by atoms with Gasteiger partial charge >= 0.3 is 6.18 Å². The summed E-state index contributed by atoms with van der Waals surface area (Å²) in [6.45, 7) is 0.590. The number of halogens is 3. The molecule has 0 saturated carbocycles. The zero-order valence-electron chi connectivity index (χ0n) is 14.8. The Morgan fingerprint density at radius 3 is 2.68 bits per heavy atom. The number of aryl methyl sites for hydroxylation is 1. The van der Waals surface area contributed by atoms with Crippen molar-refractivity contribution >= 4 is 5.91 Å². The Labute approximate surface area is 159 Å². The second-order valence-corrected chi connectivity index (χ2v) is 6.70. The molecule has 28 heavy (non-hydrogen) atoms. The molecular formula is C20H17F3N4O. The number of pyridine rings is 1. The molecule has 0 radical (unpaired) electrons. The Kier molecular flexibility index (Phi) is 4.62. The van der Waals surface area contributed by atoms with E-state index in [0.717, 1.165) is 18.0 Å². The molecule has 8 heteroatoms. The number of hydrogen-bond acceptors (Lipinski definition) is 3. The molecule has 0 aliphatic carbocycles. The maximum atomic E-state index is 12.9. The molecular weight excluding hydrogens is 369 g/mol. The van der Waals surface area contributed by atoms with Gasteiger partial charge in [0.15, 0.2) is 0 Å². The van der Waals surface area contributed by atoms with Gasteiger partial charge in [-0.1, -0.05) is 18.2 Å². The molecule has 1 amide bonds. The second kappa shape index (κ2) is 7.10. The lowest BCUT2D eigenvalue weighted by atomic mass is 10.0. The standard InChI is InChI=1S/C20H17F3N4O/c21-20(22,23)18-10-14(6-8-24-18)17-12-16-11-15(7-9-27(16)26-17)25-19(28)13-4-2-1-3-5-13/h1-6,8,10,12,15H,7,9,11H2,(H,25,28). The van der Waals surface area contributed by atoms with Crippen LogP contribution < -0.4 is 5.32 Å². The minimum atomic E-state index is -4.50. The van der Waals surface area contributed by atoms with E-state index in [9.17, 15) is 18.0 Å². The lowest BCUT2D eigenvalue weighted by molar-refractivity contribution is -0.141. The van der Waals surface area contributed by atoms with E-state index in [1.807, 2.05) is 6.07 Å². The summed E-state index contributed by atoms with van der Waals surface area (Å²) >= 11 is 0. The third-order valence-corrected chi connectivity index (χ3v) is 4.73. The molecule has 2 aromatic heterocycles. The summed E-state index contributed by atoms with van der Waals surface area (Å²) in [5.41, 5.74) is 1.37. The summed E-state index contributed by atoms with van der Waals surface area (Å²) in [4.78, 5) is 15.7. The quantitative estimate of drug-likeness (QED) is 0.747. The first-order valence-corrected chi connectivity index (χ1v) is 8.86. The molecule has 144 valence electrons. The molecule has 1 atom stereocenters. The zero-order chi connectivity index (χ0) is 19.7. The van der Waals surface area contributed by atoms with Crippen LogP contribution >= 0.6 is 0 Å². The van der Waals surface area contributed by atoms with Crippen LogP contribution in [0, 0.1) is 0 Å². The molecule has 1 unspecified atom stereocenters. The summed E-state index contributed by atoms with van der Waals surface area (Å²) < 4.78 is 40.5. The van der Waals surface area contributed by atoms with Crippen molar-refractivity contribution in [3.63, 3.8) is 0 Å². The first-order valence-electron chi connectivity index (χ1n) is 8.86. The highest BCUT2D eigenvalue weighted by molar-refractivity contribution is 5.94. The molecule has 0 fully saturated rings.